The van der Waals surface area contributed by atoms with E-state index in [-0.39, 0.29) is 13.0 Å². The average Bonchev–Trinajstić information content (AvgIpc) is 2.75. The second-order valence-corrected chi connectivity index (χ2v) is 5.44. The van der Waals surface area contributed by atoms with Crippen LogP contribution in [-0.2, 0) is 18.4 Å². The minimum absolute atomic E-state index is 0.184. The van der Waals surface area contributed by atoms with E-state index in [0.717, 1.165) is 15.9 Å². The summed E-state index contributed by atoms with van der Waals surface area (Å²) in [6.07, 6.45) is -0.806. The summed E-state index contributed by atoms with van der Waals surface area (Å²) in [5.41, 5.74) is 7.10. The smallest absolute Gasteiger partial charge is 0.234 e. The molecular formula is C11H16BrFN4O. The molecule has 2 N–H and O–H groups in total. The lowest BCUT2D eigenvalue weighted by atomic mass is 10.2. The number of aryl methyl sites for hydroxylation is 2. The molecule has 1 aromatic rings. The van der Waals surface area contributed by atoms with Gasteiger partial charge in [-0.15, -0.1) is 0 Å². The van der Waals surface area contributed by atoms with Crippen LogP contribution in [0, 0.1) is 6.92 Å². The van der Waals surface area contributed by atoms with Crippen LogP contribution < -0.4 is 5.73 Å². The maximum Gasteiger partial charge on any atom is 0.234 e. The molecule has 0 radical (unpaired) electrons. The van der Waals surface area contributed by atoms with Gasteiger partial charge < -0.3 is 5.73 Å². The molecule has 2 heterocycles. The number of hydrogen-bond donors (Lipinski definition) is 1. The van der Waals surface area contributed by atoms with Crippen molar-refractivity contribution < 1.29 is 9.18 Å². The van der Waals surface area contributed by atoms with Gasteiger partial charge in [-0.25, -0.2) is 4.39 Å². The zero-order valence-corrected chi connectivity index (χ0v) is 11.9. The van der Waals surface area contributed by atoms with Gasteiger partial charge in [-0.3, -0.25) is 14.4 Å². The quantitative estimate of drug-likeness (QED) is 0.900. The van der Waals surface area contributed by atoms with Crippen molar-refractivity contribution in [1.29, 1.82) is 0 Å². The molecule has 100 valence electrons. The molecule has 1 aliphatic rings. The molecule has 1 fully saturated rings. The lowest BCUT2D eigenvalue weighted by molar-refractivity contribution is -0.122. The largest absolute Gasteiger partial charge is 0.368 e. The number of aromatic nitrogens is 2. The van der Waals surface area contributed by atoms with Crippen LogP contribution in [0.4, 0.5) is 4.39 Å². The molecule has 1 aliphatic heterocycles. The predicted octanol–water partition coefficient (Wildman–Crippen LogP) is 0.889. The van der Waals surface area contributed by atoms with Crippen LogP contribution in [0.1, 0.15) is 17.8 Å². The van der Waals surface area contributed by atoms with Crippen molar-refractivity contribution in [2.24, 2.45) is 12.8 Å². The van der Waals surface area contributed by atoms with E-state index in [9.17, 15) is 9.18 Å². The monoisotopic (exact) mass is 318 g/mol. The molecule has 18 heavy (non-hydrogen) atoms. The van der Waals surface area contributed by atoms with Crippen LogP contribution >= 0.6 is 15.9 Å². The van der Waals surface area contributed by atoms with Crippen molar-refractivity contribution in [2.45, 2.75) is 32.1 Å². The second-order valence-electron chi connectivity index (χ2n) is 4.65. The normalized spacial score (nSPS) is 24.7. The van der Waals surface area contributed by atoms with E-state index in [1.165, 1.54) is 0 Å². The minimum Gasteiger partial charge on any atom is -0.368 e. The van der Waals surface area contributed by atoms with Crippen molar-refractivity contribution in [3.8, 4) is 0 Å². The maximum atomic E-state index is 13.4. The Morgan fingerprint density at radius 2 is 2.33 bits per heavy atom. The fraction of sp³-hybridized carbons (Fsp3) is 0.636. The Hall–Kier alpha value is -0.950. The number of primary amides is 1. The number of halogens is 2. The van der Waals surface area contributed by atoms with Crippen LogP contribution in [0.3, 0.4) is 0 Å². The number of nitrogens with zero attached hydrogens (tertiary/aromatic N) is 3. The SMILES string of the molecule is Cc1nn(C)c(CN2C[C@H](F)C[C@H]2C(N)=O)c1Br. The Bertz CT molecular complexity index is 476. The average molecular weight is 319 g/mol. The first-order chi connectivity index (χ1) is 8.40. The number of likely N-dealkylation sites (tertiary alicyclic amines) is 1. The van der Waals surface area contributed by atoms with Gasteiger partial charge in [0.1, 0.15) is 6.17 Å². The number of nitrogens with two attached hydrogens (primary N) is 1. The molecule has 0 bridgehead atoms. The van der Waals surface area contributed by atoms with E-state index in [2.05, 4.69) is 21.0 Å². The van der Waals surface area contributed by atoms with Gasteiger partial charge in [0.25, 0.3) is 0 Å². The molecule has 1 aromatic heterocycles. The van der Waals surface area contributed by atoms with Crippen LogP contribution in [0.5, 0.6) is 0 Å². The lowest BCUT2D eigenvalue weighted by Gasteiger charge is -2.21. The molecule has 1 amide bonds. The number of carbonyl (C=O) groups is 1. The summed E-state index contributed by atoms with van der Waals surface area (Å²) in [7, 11) is 1.83. The molecule has 0 aromatic carbocycles. The summed E-state index contributed by atoms with van der Waals surface area (Å²) in [4.78, 5) is 13.1. The zero-order chi connectivity index (χ0) is 13.4. The summed E-state index contributed by atoms with van der Waals surface area (Å²) < 4.78 is 16.0. The third-order valence-electron chi connectivity index (χ3n) is 3.30. The topological polar surface area (TPSA) is 64.2 Å². The van der Waals surface area contributed by atoms with E-state index in [1.807, 2.05) is 14.0 Å². The maximum absolute atomic E-state index is 13.4. The lowest BCUT2D eigenvalue weighted by Crippen LogP contribution is -2.40. The molecule has 5 nitrogen and oxygen atoms in total. The van der Waals surface area contributed by atoms with E-state index < -0.39 is 18.1 Å². The van der Waals surface area contributed by atoms with Gasteiger partial charge in [-0.2, -0.15) is 5.10 Å². The number of alkyl halides is 1. The molecule has 7 heteroatoms. The van der Waals surface area contributed by atoms with Crippen LogP contribution in [0.15, 0.2) is 4.47 Å². The number of rotatable bonds is 3. The molecule has 0 spiro atoms. The first-order valence-electron chi connectivity index (χ1n) is 5.75. The van der Waals surface area contributed by atoms with Crippen LogP contribution in [0.2, 0.25) is 0 Å². The Kier molecular flexibility index (Phi) is 3.72. The van der Waals surface area contributed by atoms with Crippen molar-refractivity contribution in [3.63, 3.8) is 0 Å². The summed E-state index contributed by atoms with van der Waals surface area (Å²) in [6.45, 7) is 2.59. The third kappa shape index (κ3) is 2.42. The van der Waals surface area contributed by atoms with Gasteiger partial charge >= 0.3 is 0 Å². The highest BCUT2D eigenvalue weighted by atomic mass is 79.9. The van der Waals surface area contributed by atoms with E-state index >= 15 is 0 Å². The number of amides is 1. The highest BCUT2D eigenvalue weighted by Gasteiger charge is 2.36. The van der Waals surface area contributed by atoms with E-state index in [4.69, 9.17) is 5.73 Å². The van der Waals surface area contributed by atoms with Crippen molar-refractivity contribution in [3.05, 3.63) is 15.9 Å². The van der Waals surface area contributed by atoms with E-state index in [1.54, 1.807) is 9.58 Å². The summed E-state index contributed by atoms with van der Waals surface area (Å²) in [5.74, 6) is -0.467. The zero-order valence-electron chi connectivity index (χ0n) is 10.4. The van der Waals surface area contributed by atoms with Gasteiger partial charge in [0.2, 0.25) is 5.91 Å². The van der Waals surface area contributed by atoms with Gasteiger partial charge in [0.05, 0.1) is 21.9 Å². The first-order valence-corrected chi connectivity index (χ1v) is 6.55. The Balaban J connectivity index is 2.20. The van der Waals surface area contributed by atoms with Gasteiger partial charge in [-0.1, -0.05) is 0 Å². The van der Waals surface area contributed by atoms with Crippen molar-refractivity contribution in [2.75, 3.05) is 6.54 Å². The Morgan fingerprint density at radius 1 is 1.67 bits per heavy atom. The fourth-order valence-corrected chi connectivity index (χ4v) is 2.82. The van der Waals surface area contributed by atoms with Crippen LogP contribution in [-0.4, -0.2) is 39.3 Å². The molecule has 0 unspecified atom stereocenters. The number of carbonyl (C=O) groups excluding carboxylic acids is 1. The number of hydrogen-bond acceptors (Lipinski definition) is 3. The van der Waals surface area contributed by atoms with Gasteiger partial charge in [0, 0.05) is 26.6 Å². The molecule has 2 rings (SSSR count). The molecule has 0 saturated carbocycles. The summed E-state index contributed by atoms with van der Waals surface area (Å²) in [6, 6.07) is -0.526. The van der Waals surface area contributed by atoms with E-state index in [0.29, 0.717) is 6.54 Å². The Labute approximate surface area is 113 Å². The minimum atomic E-state index is -0.990. The fourth-order valence-electron chi connectivity index (χ4n) is 2.36. The molecular weight excluding hydrogens is 303 g/mol. The highest BCUT2D eigenvalue weighted by Crippen LogP contribution is 2.26. The molecule has 1 saturated heterocycles. The van der Waals surface area contributed by atoms with Crippen molar-refractivity contribution in [1.82, 2.24) is 14.7 Å². The Morgan fingerprint density at radius 3 is 2.83 bits per heavy atom. The third-order valence-corrected chi connectivity index (χ3v) is 4.33. The standard InChI is InChI=1S/C11H16BrFN4O/c1-6-10(12)9(16(2)15-6)5-17-4-7(13)3-8(17)11(14)18/h7-8H,3-5H2,1-2H3,(H2,14,18)/t7-,8+/m1/s1. The van der Waals surface area contributed by atoms with Gasteiger partial charge in [-0.05, 0) is 22.9 Å². The first kappa shape index (κ1) is 13.5. The second kappa shape index (κ2) is 4.97. The van der Waals surface area contributed by atoms with Crippen LogP contribution in [0.25, 0.3) is 0 Å². The van der Waals surface area contributed by atoms with Gasteiger partial charge in [0.15, 0.2) is 0 Å². The summed E-state index contributed by atoms with van der Waals surface area (Å²) in [5, 5.41) is 4.27. The predicted molar refractivity (Wildman–Crippen MR) is 68.6 cm³/mol. The summed E-state index contributed by atoms with van der Waals surface area (Å²) >= 11 is 3.46. The van der Waals surface area contributed by atoms with Crippen molar-refractivity contribution >= 4 is 21.8 Å². The molecule has 2 atom stereocenters. The molecule has 0 aliphatic carbocycles. The highest BCUT2D eigenvalue weighted by molar-refractivity contribution is 9.10.